The molecule has 33 heavy (non-hydrogen) atoms. The Bertz CT molecular complexity index is 1370. The number of anilines is 1. The fourth-order valence-corrected chi connectivity index (χ4v) is 3.76. The van der Waals surface area contributed by atoms with E-state index in [1.807, 2.05) is 90.5 Å². The van der Waals surface area contributed by atoms with Crippen LogP contribution in [0.3, 0.4) is 0 Å². The minimum absolute atomic E-state index is 0.240. The molecule has 0 radical (unpaired) electrons. The first kappa shape index (κ1) is 20.5. The second-order valence-corrected chi connectivity index (χ2v) is 7.93. The van der Waals surface area contributed by atoms with Gasteiger partial charge in [-0.3, -0.25) is 4.79 Å². The molecule has 5 aromatic rings. The molecule has 0 atom stereocenters. The van der Waals surface area contributed by atoms with Crippen LogP contribution in [-0.2, 0) is 0 Å². The number of carbonyl (C=O) groups is 1. The van der Waals surface area contributed by atoms with Crippen LogP contribution in [0.25, 0.3) is 28.1 Å². The van der Waals surface area contributed by atoms with Gasteiger partial charge in [0.05, 0.1) is 11.4 Å². The number of aromatic nitrogens is 2. The summed E-state index contributed by atoms with van der Waals surface area (Å²) in [5, 5.41) is 7.60. The third-order valence-corrected chi connectivity index (χ3v) is 5.54. The number of rotatable bonds is 5. The summed E-state index contributed by atoms with van der Waals surface area (Å²) < 4.78 is 1.82. The van der Waals surface area contributed by atoms with Gasteiger partial charge in [-0.05, 0) is 48.4 Å². The molecule has 0 saturated carbocycles. The quantitative estimate of drug-likeness (QED) is 0.335. The number of nitrogens with zero attached hydrogens (tertiary/aromatic N) is 2. The van der Waals surface area contributed by atoms with Gasteiger partial charge in [-0.15, -0.1) is 0 Å². The van der Waals surface area contributed by atoms with Crippen LogP contribution in [-0.4, -0.2) is 15.7 Å². The van der Waals surface area contributed by atoms with E-state index in [0.29, 0.717) is 5.69 Å². The van der Waals surface area contributed by atoms with E-state index in [4.69, 9.17) is 0 Å². The van der Waals surface area contributed by atoms with Crippen LogP contribution in [0.2, 0.25) is 0 Å². The average Bonchev–Trinajstić information content (AvgIpc) is 3.32. The summed E-state index contributed by atoms with van der Waals surface area (Å²) in [6.07, 6.45) is 0. The fraction of sp³-hybridized carbons (Fsp3) is 0.0345. The Hall–Kier alpha value is -4.44. The predicted octanol–water partition coefficient (Wildman–Crippen LogP) is 6.77. The monoisotopic (exact) mass is 429 g/mol. The molecule has 4 heteroatoms. The zero-order valence-corrected chi connectivity index (χ0v) is 18.3. The molecule has 1 amide bonds. The third-order valence-electron chi connectivity index (χ3n) is 5.54. The lowest BCUT2D eigenvalue weighted by atomic mass is 10.0. The Labute approximate surface area is 193 Å². The van der Waals surface area contributed by atoms with Crippen molar-refractivity contribution in [2.45, 2.75) is 6.92 Å². The molecule has 0 aliphatic heterocycles. The molecule has 0 aliphatic rings. The number of hydrogen-bond acceptors (Lipinski definition) is 2. The van der Waals surface area contributed by atoms with Gasteiger partial charge in [0.25, 0.3) is 5.91 Å². The van der Waals surface area contributed by atoms with E-state index in [0.717, 1.165) is 33.8 Å². The smallest absolute Gasteiger partial charge is 0.276 e. The number of nitrogens with one attached hydrogen (secondary N) is 1. The van der Waals surface area contributed by atoms with Crippen molar-refractivity contribution in [3.05, 3.63) is 127 Å². The van der Waals surface area contributed by atoms with E-state index in [1.165, 1.54) is 5.56 Å². The first-order chi connectivity index (χ1) is 16.2. The Morgan fingerprint density at radius 1 is 0.697 bits per heavy atom. The van der Waals surface area contributed by atoms with E-state index >= 15 is 0 Å². The molecule has 0 spiro atoms. The molecule has 4 nitrogen and oxygen atoms in total. The lowest BCUT2D eigenvalue weighted by Crippen LogP contribution is -2.13. The Kier molecular flexibility index (Phi) is 5.56. The standard InChI is InChI=1S/C29H23N3O/c1-21-12-18-25(19-13-21)30-29(33)27-20-28(32(31-27)26-10-6-3-7-11-26)24-16-14-23(15-17-24)22-8-4-2-5-9-22/h2-20H,1H3,(H,30,33). The van der Waals surface area contributed by atoms with Gasteiger partial charge in [0.1, 0.15) is 0 Å². The van der Waals surface area contributed by atoms with E-state index in [2.05, 4.69) is 46.8 Å². The second kappa shape index (κ2) is 8.97. The maximum absolute atomic E-state index is 13.0. The summed E-state index contributed by atoms with van der Waals surface area (Å²) in [4.78, 5) is 13.0. The van der Waals surface area contributed by atoms with Crippen molar-refractivity contribution in [2.75, 3.05) is 5.32 Å². The van der Waals surface area contributed by atoms with Crippen molar-refractivity contribution in [1.29, 1.82) is 0 Å². The third kappa shape index (κ3) is 4.46. The Balaban J connectivity index is 1.51. The summed E-state index contributed by atoms with van der Waals surface area (Å²) in [6, 6.07) is 38.0. The summed E-state index contributed by atoms with van der Waals surface area (Å²) >= 11 is 0. The minimum Gasteiger partial charge on any atom is -0.321 e. The summed E-state index contributed by atoms with van der Waals surface area (Å²) in [5.41, 5.74) is 7.29. The number of hydrogen-bond donors (Lipinski definition) is 1. The Morgan fingerprint density at radius 3 is 1.94 bits per heavy atom. The van der Waals surface area contributed by atoms with E-state index in [9.17, 15) is 4.79 Å². The van der Waals surface area contributed by atoms with E-state index in [1.54, 1.807) is 0 Å². The van der Waals surface area contributed by atoms with Gasteiger partial charge in [-0.25, -0.2) is 4.68 Å². The molecule has 0 saturated heterocycles. The summed E-state index contributed by atoms with van der Waals surface area (Å²) in [7, 11) is 0. The molecular formula is C29H23N3O. The number of aryl methyl sites for hydroxylation is 1. The summed E-state index contributed by atoms with van der Waals surface area (Å²) in [5.74, 6) is -0.240. The number of benzene rings is 4. The van der Waals surface area contributed by atoms with Crippen LogP contribution >= 0.6 is 0 Å². The van der Waals surface area contributed by atoms with Gasteiger partial charge in [0.2, 0.25) is 0 Å². The highest BCUT2D eigenvalue weighted by molar-refractivity contribution is 6.03. The van der Waals surface area contributed by atoms with Crippen molar-refractivity contribution in [3.8, 4) is 28.1 Å². The second-order valence-electron chi connectivity index (χ2n) is 7.93. The summed E-state index contributed by atoms with van der Waals surface area (Å²) in [6.45, 7) is 2.02. The van der Waals surface area contributed by atoms with Crippen LogP contribution in [0, 0.1) is 6.92 Å². The van der Waals surface area contributed by atoms with Crippen LogP contribution in [0.5, 0.6) is 0 Å². The highest BCUT2D eigenvalue weighted by Gasteiger charge is 2.17. The molecule has 0 bridgehead atoms. The van der Waals surface area contributed by atoms with Gasteiger partial charge < -0.3 is 5.32 Å². The highest BCUT2D eigenvalue weighted by Crippen LogP contribution is 2.28. The van der Waals surface area contributed by atoms with Crippen molar-refractivity contribution >= 4 is 11.6 Å². The maximum atomic E-state index is 13.0. The SMILES string of the molecule is Cc1ccc(NC(=O)c2cc(-c3ccc(-c4ccccc4)cc3)n(-c3ccccc3)n2)cc1. The van der Waals surface area contributed by atoms with Crippen LogP contribution in [0.4, 0.5) is 5.69 Å². The molecule has 0 unspecified atom stereocenters. The van der Waals surface area contributed by atoms with Crippen LogP contribution in [0.1, 0.15) is 16.1 Å². The first-order valence-corrected chi connectivity index (χ1v) is 10.9. The van der Waals surface area contributed by atoms with Gasteiger partial charge >= 0.3 is 0 Å². The van der Waals surface area contributed by atoms with Crippen LogP contribution in [0.15, 0.2) is 115 Å². The first-order valence-electron chi connectivity index (χ1n) is 10.9. The van der Waals surface area contributed by atoms with Crippen molar-refractivity contribution in [2.24, 2.45) is 0 Å². The molecule has 0 aliphatic carbocycles. The van der Waals surface area contributed by atoms with Gasteiger partial charge in [0.15, 0.2) is 5.69 Å². The zero-order valence-electron chi connectivity index (χ0n) is 18.3. The van der Waals surface area contributed by atoms with Crippen LogP contribution < -0.4 is 5.32 Å². The molecule has 1 aromatic heterocycles. The van der Waals surface area contributed by atoms with E-state index < -0.39 is 0 Å². The topological polar surface area (TPSA) is 46.9 Å². The lowest BCUT2D eigenvalue weighted by molar-refractivity contribution is 0.102. The number of carbonyl (C=O) groups excluding carboxylic acids is 1. The Morgan fingerprint density at radius 2 is 1.27 bits per heavy atom. The largest absolute Gasteiger partial charge is 0.321 e. The molecule has 4 aromatic carbocycles. The lowest BCUT2D eigenvalue weighted by Gasteiger charge is -2.08. The van der Waals surface area contributed by atoms with Gasteiger partial charge in [-0.1, -0.05) is 90.5 Å². The maximum Gasteiger partial charge on any atom is 0.276 e. The van der Waals surface area contributed by atoms with Crippen molar-refractivity contribution in [3.63, 3.8) is 0 Å². The van der Waals surface area contributed by atoms with E-state index in [-0.39, 0.29) is 5.91 Å². The average molecular weight is 430 g/mol. The molecule has 1 heterocycles. The number of amides is 1. The molecule has 5 rings (SSSR count). The molecule has 160 valence electrons. The normalized spacial score (nSPS) is 10.7. The zero-order chi connectivity index (χ0) is 22.6. The molecule has 1 N–H and O–H groups in total. The van der Waals surface area contributed by atoms with Gasteiger partial charge in [0, 0.05) is 11.3 Å². The fourth-order valence-electron chi connectivity index (χ4n) is 3.76. The van der Waals surface area contributed by atoms with Gasteiger partial charge in [-0.2, -0.15) is 5.10 Å². The molecular weight excluding hydrogens is 406 g/mol. The minimum atomic E-state index is -0.240. The number of para-hydroxylation sites is 1. The molecule has 0 fully saturated rings. The van der Waals surface area contributed by atoms with Crippen molar-refractivity contribution < 1.29 is 4.79 Å². The van der Waals surface area contributed by atoms with Crippen molar-refractivity contribution in [1.82, 2.24) is 9.78 Å². The highest BCUT2D eigenvalue weighted by atomic mass is 16.1. The predicted molar refractivity (Wildman–Crippen MR) is 134 cm³/mol.